The Bertz CT molecular complexity index is 621. The smallest absolute Gasteiger partial charge is 0.410 e. The Morgan fingerprint density at radius 2 is 2.08 bits per heavy atom. The molecular weight excluding hydrogens is 324 g/mol. The molecule has 0 N–H and O–H groups in total. The maximum Gasteiger partial charge on any atom is 0.410 e. The van der Waals surface area contributed by atoms with Gasteiger partial charge in [0.1, 0.15) is 5.60 Å². The first-order valence-corrected chi connectivity index (χ1v) is 8.46. The molecule has 25 heavy (non-hydrogen) atoms. The van der Waals surface area contributed by atoms with Gasteiger partial charge in [0.15, 0.2) is 0 Å². The monoisotopic (exact) mass is 350 g/mol. The molecule has 1 fully saturated rings. The van der Waals surface area contributed by atoms with Crippen molar-refractivity contribution in [3.05, 3.63) is 28.4 Å². The van der Waals surface area contributed by atoms with Gasteiger partial charge in [-0.2, -0.15) is 0 Å². The summed E-state index contributed by atoms with van der Waals surface area (Å²) in [6, 6.07) is 3.03. The van der Waals surface area contributed by atoms with Crippen LogP contribution in [0.4, 0.5) is 16.3 Å². The van der Waals surface area contributed by atoms with Gasteiger partial charge in [-0.25, -0.2) is 9.78 Å². The maximum atomic E-state index is 12.1. The summed E-state index contributed by atoms with van der Waals surface area (Å²) in [4.78, 5) is 30.5. The van der Waals surface area contributed by atoms with Crippen molar-refractivity contribution in [2.75, 3.05) is 31.6 Å². The summed E-state index contributed by atoms with van der Waals surface area (Å²) in [5, 5.41) is 11.1. The number of piperidine rings is 1. The van der Waals surface area contributed by atoms with Crippen LogP contribution in [0.3, 0.4) is 0 Å². The number of hydrogen-bond acceptors (Lipinski definition) is 6. The molecule has 2 rings (SSSR count). The van der Waals surface area contributed by atoms with E-state index < -0.39 is 10.5 Å². The Labute approximate surface area is 147 Å². The van der Waals surface area contributed by atoms with E-state index in [0.717, 1.165) is 12.8 Å². The summed E-state index contributed by atoms with van der Waals surface area (Å²) in [7, 11) is 1.82. The SMILES string of the molecule is CN(CC1CCN(C(=O)OC(C)(C)C)CC1)c1ncccc1[N+](=O)[O-]. The third kappa shape index (κ3) is 5.30. The predicted octanol–water partition coefficient (Wildman–Crippen LogP) is 3.07. The molecule has 1 aromatic rings. The van der Waals surface area contributed by atoms with Crippen LogP contribution in [0.25, 0.3) is 0 Å². The molecule has 0 spiro atoms. The van der Waals surface area contributed by atoms with Crippen LogP contribution in [0.15, 0.2) is 18.3 Å². The van der Waals surface area contributed by atoms with E-state index >= 15 is 0 Å². The highest BCUT2D eigenvalue weighted by Gasteiger charge is 2.28. The lowest BCUT2D eigenvalue weighted by Crippen LogP contribution is -2.43. The molecule has 0 saturated carbocycles. The van der Waals surface area contributed by atoms with Gasteiger partial charge in [-0.15, -0.1) is 0 Å². The highest BCUT2D eigenvalue weighted by Crippen LogP contribution is 2.27. The number of anilines is 1. The lowest BCUT2D eigenvalue weighted by Gasteiger charge is -2.35. The molecule has 1 amide bonds. The van der Waals surface area contributed by atoms with Crippen LogP contribution >= 0.6 is 0 Å². The summed E-state index contributed by atoms with van der Waals surface area (Å²) in [5.41, 5.74) is -0.484. The van der Waals surface area contributed by atoms with Gasteiger partial charge < -0.3 is 14.5 Å². The number of aromatic nitrogens is 1. The summed E-state index contributed by atoms with van der Waals surface area (Å²) >= 11 is 0. The molecule has 0 atom stereocenters. The fourth-order valence-electron chi connectivity index (χ4n) is 2.92. The summed E-state index contributed by atoms with van der Waals surface area (Å²) in [6.07, 6.45) is 2.96. The van der Waals surface area contributed by atoms with E-state index in [9.17, 15) is 14.9 Å². The van der Waals surface area contributed by atoms with Gasteiger partial charge in [0.05, 0.1) is 4.92 Å². The van der Waals surface area contributed by atoms with Gasteiger partial charge in [0, 0.05) is 38.9 Å². The fourth-order valence-corrected chi connectivity index (χ4v) is 2.92. The first kappa shape index (κ1) is 19.0. The van der Waals surface area contributed by atoms with E-state index in [2.05, 4.69) is 4.98 Å². The Hall–Kier alpha value is -2.38. The Balaban J connectivity index is 1.90. The predicted molar refractivity (Wildman–Crippen MR) is 94.7 cm³/mol. The van der Waals surface area contributed by atoms with Crippen LogP contribution in [0.5, 0.6) is 0 Å². The molecule has 8 heteroatoms. The zero-order valence-corrected chi connectivity index (χ0v) is 15.3. The zero-order chi connectivity index (χ0) is 18.6. The second-order valence-electron chi connectivity index (χ2n) is 7.39. The van der Waals surface area contributed by atoms with Crippen molar-refractivity contribution in [3.63, 3.8) is 0 Å². The van der Waals surface area contributed by atoms with Crippen molar-refractivity contribution in [1.82, 2.24) is 9.88 Å². The quantitative estimate of drug-likeness (QED) is 0.612. The minimum Gasteiger partial charge on any atom is -0.444 e. The van der Waals surface area contributed by atoms with Gasteiger partial charge >= 0.3 is 11.8 Å². The Morgan fingerprint density at radius 1 is 1.44 bits per heavy atom. The number of carbonyl (C=O) groups is 1. The molecule has 0 unspecified atom stereocenters. The van der Waals surface area contributed by atoms with Crippen molar-refractivity contribution < 1.29 is 14.5 Å². The number of carbonyl (C=O) groups excluding carboxylic acids is 1. The lowest BCUT2D eigenvalue weighted by molar-refractivity contribution is -0.384. The van der Waals surface area contributed by atoms with Crippen molar-refractivity contribution in [1.29, 1.82) is 0 Å². The zero-order valence-electron chi connectivity index (χ0n) is 15.3. The fraction of sp³-hybridized carbons (Fsp3) is 0.647. The maximum absolute atomic E-state index is 12.1. The number of amides is 1. The van der Waals surface area contributed by atoms with E-state index in [4.69, 9.17) is 4.74 Å². The van der Waals surface area contributed by atoms with Crippen molar-refractivity contribution in [2.45, 2.75) is 39.2 Å². The van der Waals surface area contributed by atoms with Crippen LogP contribution in [-0.2, 0) is 4.74 Å². The number of nitrogens with zero attached hydrogens (tertiary/aromatic N) is 4. The summed E-state index contributed by atoms with van der Waals surface area (Å²) in [5.74, 6) is 0.729. The average Bonchev–Trinajstić information content (AvgIpc) is 2.53. The summed E-state index contributed by atoms with van der Waals surface area (Å²) < 4.78 is 5.40. The molecule has 1 saturated heterocycles. The molecule has 0 aliphatic carbocycles. The third-order valence-corrected chi connectivity index (χ3v) is 4.12. The minimum atomic E-state index is -0.494. The summed E-state index contributed by atoms with van der Waals surface area (Å²) in [6.45, 7) is 7.50. The molecule has 0 radical (unpaired) electrons. The van der Waals surface area contributed by atoms with Gasteiger partial charge in [0.2, 0.25) is 5.82 Å². The highest BCUT2D eigenvalue weighted by atomic mass is 16.6. The molecule has 1 aromatic heterocycles. The van der Waals surface area contributed by atoms with Crippen LogP contribution in [-0.4, -0.2) is 53.2 Å². The van der Waals surface area contributed by atoms with E-state index in [0.29, 0.717) is 31.4 Å². The average molecular weight is 350 g/mol. The number of hydrogen-bond donors (Lipinski definition) is 0. The number of likely N-dealkylation sites (tertiary alicyclic amines) is 1. The first-order valence-electron chi connectivity index (χ1n) is 8.46. The van der Waals surface area contributed by atoms with Crippen LogP contribution in [0.1, 0.15) is 33.6 Å². The second kappa shape index (κ2) is 7.67. The lowest BCUT2D eigenvalue weighted by atomic mass is 9.96. The van der Waals surface area contributed by atoms with Crippen LogP contribution in [0, 0.1) is 16.0 Å². The molecule has 8 nitrogen and oxygen atoms in total. The normalized spacial score (nSPS) is 15.8. The van der Waals surface area contributed by atoms with E-state index in [1.807, 2.05) is 32.7 Å². The van der Waals surface area contributed by atoms with Crippen LogP contribution < -0.4 is 4.90 Å². The number of ether oxygens (including phenoxy) is 1. The van der Waals surface area contributed by atoms with Crippen molar-refractivity contribution in [2.24, 2.45) is 5.92 Å². The molecule has 138 valence electrons. The molecule has 2 heterocycles. The molecule has 1 aliphatic rings. The van der Waals surface area contributed by atoms with E-state index in [1.54, 1.807) is 17.2 Å². The minimum absolute atomic E-state index is 0.0104. The van der Waals surface area contributed by atoms with Gasteiger partial charge in [-0.3, -0.25) is 10.1 Å². The number of nitro groups is 1. The van der Waals surface area contributed by atoms with Gasteiger partial charge in [0.25, 0.3) is 0 Å². The Kier molecular flexibility index (Phi) is 5.81. The topological polar surface area (TPSA) is 88.8 Å². The van der Waals surface area contributed by atoms with Crippen molar-refractivity contribution >= 4 is 17.6 Å². The number of rotatable bonds is 4. The molecule has 0 aromatic carbocycles. The Morgan fingerprint density at radius 3 is 2.64 bits per heavy atom. The largest absolute Gasteiger partial charge is 0.444 e. The second-order valence-corrected chi connectivity index (χ2v) is 7.39. The molecular formula is C17H26N4O4. The first-order chi connectivity index (χ1) is 11.7. The van der Waals surface area contributed by atoms with Gasteiger partial charge in [-0.1, -0.05) is 0 Å². The standard InChI is InChI=1S/C17H26N4O4/c1-17(2,3)25-16(22)20-10-7-13(8-11-20)12-19(4)15-14(21(23)24)6-5-9-18-15/h5-6,9,13H,7-8,10-12H2,1-4H3. The van der Waals surface area contributed by atoms with Crippen molar-refractivity contribution in [3.8, 4) is 0 Å². The highest BCUT2D eigenvalue weighted by molar-refractivity contribution is 5.68. The molecule has 1 aliphatic heterocycles. The van der Waals surface area contributed by atoms with Gasteiger partial charge in [-0.05, 0) is 45.6 Å². The third-order valence-electron chi connectivity index (χ3n) is 4.12. The van der Waals surface area contributed by atoms with E-state index in [1.165, 1.54) is 6.07 Å². The molecule has 0 bridgehead atoms. The van der Waals surface area contributed by atoms with Crippen LogP contribution in [0.2, 0.25) is 0 Å². The number of pyridine rings is 1. The van der Waals surface area contributed by atoms with E-state index in [-0.39, 0.29) is 11.8 Å².